The number of halogens is 1. The summed E-state index contributed by atoms with van der Waals surface area (Å²) in [6.07, 6.45) is 3.65. The SMILES string of the molecule is CCCCOc1ccc(C=NNC(=O)C(NC(=O)c2ccc(Cl)cc2)C(C)C)cc1. The van der Waals surface area contributed by atoms with Crippen LogP contribution in [0.25, 0.3) is 0 Å². The summed E-state index contributed by atoms with van der Waals surface area (Å²) in [5.74, 6) is -0.0448. The van der Waals surface area contributed by atoms with Gasteiger partial charge in [-0.05, 0) is 66.4 Å². The van der Waals surface area contributed by atoms with E-state index in [2.05, 4.69) is 22.8 Å². The van der Waals surface area contributed by atoms with Gasteiger partial charge in [-0.3, -0.25) is 9.59 Å². The molecule has 2 aromatic carbocycles. The number of nitrogens with zero attached hydrogens (tertiary/aromatic N) is 1. The predicted octanol–water partition coefficient (Wildman–Crippen LogP) is 4.42. The van der Waals surface area contributed by atoms with Crippen molar-refractivity contribution in [2.45, 2.75) is 39.7 Å². The molecule has 0 heterocycles. The van der Waals surface area contributed by atoms with E-state index in [1.54, 1.807) is 30.5 Å². The van der Waals surface area contributed by atoms with Gasteiger partial charge in [0.25, 0.3) is 11.8 Å². The molecule has 1 atom stereocenters. The smallest absolute Gasteiger partial charge is 0.262 e. The molecule has 160 valence electrons. The number of carbonyl (C=O) groups is 2. The largest absolute Gasteiger partial charge is 0.494 e. The Labute approximate surface area is 182 Å². The third-order valence-electron chi connectivity index (χ3n) is 4.38. The molecule has 1 unspecified atom stereocenters. The van der Waals surface area contributed by atoms with E-state index in [0.717, 1.165) is 24.2 Å². The Balaban J connectivity index is 1.91. The third kappa shape index (κ3) is 7.52. The van der Waals surface area contributed by atoms with E-state index < -0.39 is 6.04 Å². The monoisotopic (exact) mass is 429 g/mol. The number of ether oxygens (including phenoxy) is 1. The van der Waals surface area contributed by atoms with Crippen LogP contribution in [0.15, 0.2) is 53.6 Å². The highest BCUT2D eigenvalue weighted by Gasteiger charge is 2.24. The van der Waals surface area contributed by atoms with E-state index in [-0.39, 0.29) is 17.7 Å². The maximum Gasteiger partial charge on any atom is 0.262 e. The van der Waals surface area contributed by atoms with Gasteiger partial charge in [-0.25, -0.2) is 5.43 Å². The Bertz CT molecular complexity index is 849. The summed E-state index contributed by atoms with van der Waals surface area (Å²) in [4.78, 5) is 24.9. The molecule has 0 saturated carbocycles. The maximum absolute atomic E-state index is 12.5. The first kappa shape index (κ1) is 23.4. The second kappa shape index (κ2) is 12.0. The molecule has 7 heteroatoms. The van der Waals surface area contributed by atoms with Gasteiger partial charge in [0.15, 0.2) is 0 Å². The van der Waals surface area contributed by atoms with Crippen molar-refractivity contribution >= 4 is 29.6 Å². The van der Waals surface area contributed by atoms with E-state index in [1.807, 2.05) is 38.1 Å². The Kier molecular flexibility index (Phi) is 9.35. The van der Waals surface area contributed by atoms with Crippen molar-refractivity contribution in [3.05, 3.63) is 64.7 Å². The zero-order chi connectivity index (χ0) is 21.9. The molecule has 0 saturated heterocycles. The molecule has 30 heavy (non-hydrogen) atoms. The molecule has 0 aliphatic rings. The van der Waals surface area contributed by atoms with Gasteiger partial charge < -0.3 is 10.1 Å². The minimum Gasteiger partial charge on any atom is -0.494 e. The fourth-order valence-electron chi connectivity index (χ4n) is 2.59. The molecule has 2 rings (SSSR count). The minimum absolute atomic E-state index is 0.115. The lowest BCUT2D eigenvalue weighted by atomic mass is 10.0. The van der Waals surface area contributed by atoms with Crippen molar-refractivity contribution in [3.8, 4) is 5.75 Å². The quantitative estimate of drug-likeness (QED) is 0.333. The zero-order valence-corrected chi connectivity index (χ0v) is 18.3. The van der Waals surface area contributed by atoms with Crippen LogP contribution in [0.1, 0.15) is 49.5 Å². The molecule has 0 fully saturated rings. The lowest BCUT2D eigenvalue weighted by Crippen LogP contribution is -2.48. The number of benzene rings is 2. The van der Waals surface area contributed by atoms with Gasteiger partial charge in [0.2, 0.25) is 0 Å². The van der Waals surface area contributed by atoms with Crippen molar-refractivity contribution in [2.75, 3.05) is 6.61 Å². The van der Waals surface area contributed by atoms with Crippen molar-refractivity contribution in [2.24, 2.45) is 11.0 Å². The van der Waals surface area contributed by atoms with Crippen LogP contribution in [-0.2, 0) is 4.79 Å². The van der Waals surface area contributed by atoms with Crippen LogP contribution in [0, 0.1) is 5.92 Å². The number of carbonyl (C=O) groups excluding carboxylic acids is 2. The number of amides is 2. The first-order valence-corrected chi connectivity index (χ1v) is 10.4. The molecule has 0 aliphatic carbocycles. The van der Waals surface area contributed by atoms with Gasteiger partial charge in [0.1, 0.15) is 11.8 Å². The normalized spacial score (nSPS) is 12.0. The topological polar surface area (TPSA) is 79.8 Å². The highest BCUT2D eigenvalue weighted by Crippen LogP contribution is 2.12. The molecule has 0 bridgehead atoms. The van der Waals surface area contributed by atoms with Crippen LogP contribution in [0.4, 0.5) is 0 Å². The number of hydrogen-bond donors (Lipinski definition) is 2. The zero-order valence-electron chi connectivity index (χ0n) is 17.5. The third-order valence-corrected chi connectivity index (χ3v) is 4.63. The van der Waals surface area contributed by atoms with E-state index in [4.69, 9.17) is 16.3 Å². The molecule has 0 aromatic heterocycles. The number of rotatable bonds is 10. The Morgan fingerprint density at radius 2 is 1.77 bits per heavy atom. The Morgan fingerprint density at radius 3 is 2.37 bits per heavy atom. The number of unbranched alkanes of at least 4 members (excludes halogenated alkanes) is 1. The van der Waals surface area contributed by atoms with Crippen LogP contribution in [0.2, 0.25) is 5.02 Å². The molecule has 2 N–H and O–H groups in total. The van der Waals surface area contributed by atoms with Gasteiger partial charge in [0.05, 0.1) is 12.8 Å². The first-order chi connectivity index (χ1) is 14.4. The van der Waals surface area contributed by atoms with Crippen molar-refractivity contribution < 1.29 is 14.3 Å². The van der Waals surface area contributed by atoms with Crippen LogP contribution in [0.5, 0.6) is 5.75 Å². The van der Waals surface area contributed by atoms with Gasteiger partial charge >= 0.3 is 0 Å². The lowest BCUT2D eigenvalue weighted by Gasteiger charge is -2.20. The Morgan fingerprint density at radius 1 is 1.10 bits per heavy atom. The minimum atomic E-state index is -0.723. The fourth-order valence-corrected chi connectivity index (χ4v) is 2.71. The highest BCUT2D eigenvalue weighted by atomic mass is 35.5. The highest BCUT2D eigenvalue weighted by molar-refractivity contribution is 6.30. The van der Waals surface area contributed by atoms with E-state index >= 15 is 0 Å². The number of nitrogens with one attached hydrogen (secondary N) is 2. The molecule has 0 spiro atoms. The summed E-state index contributed by atoms with van der Waals surface area (Å²) in [7, 11) is 0. The molecular formula is C23H28ClN3O3. The molecule has 0 radical (unpaired) electrons. The van der Waals surface area contributed by atoms with Crippen LogP contribution >= 0.6 is 11.6 Å². The van der Waals surface area contributed by atoms with E-state index in [1.165, 1.54) is 0 Å². The molecule has 6 nitrogen and oxygen atoms in total. The summed E-state index contributed by atoms with van der Waals surface area (Å²) in [6, 6.07) is 13.2. The van der Waals surface area contributed by atoms with Crippen molar-refractivity contribution in [1.82, 2.24) is 10.7 Å². The number of hydrogen-bond acceptors (Lipinski definition) is 4. The van der Waals surface area contributed by atoms with Gasteiger partial charge in [-0.1, -0.05) is 38.8 Å². The van der Waals surface area contributed by atoms with E-state index in [0.29, 0.717) is 17.2 Å². The second-order valence-corrected chi connectivity index (χ2v) is 7.64. The molecular weight excluding hydrogens is 402 g/mol. The second-order valence-electron chi connectivity index (χ2n) is 7.21. The van der Waals surface area contributed by atoms with Crippen molar-refractivity contribution in [1.29, 1.82) is 0 Å². The van der Waals surface area contributed by atoms with Gasteiger partial charge in [0, 0.05) is 10.6 Å². The first-order valence-electron chi connectivity index (χ1n) is 10.0. The van der Waals surface area contributed by atoms with Gasteiger partial charge in [-0.15, -0.1) is 0 Å². The average Bonchev–Trinajstić information content (AvgIpc) is 2.73. The number of hydrazone groups is 1. The maximum atomic E-state index is 12.5. The summed E-state index contributed by atoms with van der Waals surface area (Å²) < 4.78 is 5.62. The Hall–Kier alpha value is -2.86. The summed E-state index contributed by atoms with van der Waals surface area (Å²) >= 11 is 5.85. The van der Waals surface area contributed by atoms with Crippen molar-refractivity contribution in [3.63, 3.8) is 0 Å². The lowest BCUT2D eigenvalue weighted by molar-refractivity contribution is -0.123. The standard InChI is InChI=1S/C23H28ClN3O3/c1-4-5-14-30-20-12-6-17(7-13-20)15-25-27-23(29)21(16(2)3)26-22(28)18-8-10-19(24)11-9-18/h6-13,15-16,21H,4-5,14H2,1-3H3,(H,26,28)(H,27,29). The average molecular weight is 430 g/mol. The molecule has 2 amide bonds. The van der Waals surface area contributed by atoms with Crippen LogP contribution < -0.4 is 15.5 Å². The van der Waals surface area contributed by atoms with E-state index in [9.17, 15) is 9.59 Å². The molecule has 0 aliphatic heterocycles. The van der Waals surface area contributed by atoms with Crippen LogP contribution in [0.3, 0.4) is 0 Å². The van der Waals surface area contributed by atoms with Crippen LogP contribution in [-0.4, -0.2) is 30.7 Å². The predicted molar refractivity (Wildman–Crippen MR) is 120 cm³/mol. The molecule has 2 aromatic rings. The summed E-state index contributed by atoms with van der Waals surface area (Å²) in [5.41, 5.74) is 3.75. The summed E-state index contributed by atoms with van der Waals surface area (Å²) in [5, 5.41) is 7.30. The summed E-state index contributed by atoms with van der Waals surface area (Å²) in [6.45, 7) is 6.52. The van der Waals surface area contributed by atoms with Gasteiger partial charge in [-0.2, -0.15) is 5.10 Å². The fraction of sp³-hybridized carbons (Fsp3) is 0.348.